The van der Waals surface area contributed by atoms with Gasteiger partial charge in [-0.25, -0.2) is 0 Å². The van der Waals surface area contributed by atoms with Crippen molar-refractivity contribution in [3.63, 3.8) is 0 Å². The molecule has 4 heteroatoms. The summed E-state index contributed by atoms with van der Waals surface area (Å²) in [6.07, 6.45) is 0.680. The van der Waals surface area contributed by atoms with Gasteiger partial charge in [-0.2, -0.15) is 5.10 Å². The van der Waals surface area contributed by atoms with Gasteiger partial charge in [-0.3, -0.25) is 9.89 Å². The molecule has 1 atom stereocenters. The zero-order valence-corrected chi connectivity index (χ0v) is 8.13. The molecule has 0 aliphatic carbocycles. The third-order valence-electron chi connectivity index (χ3n) is 1.94. The maximum Gasteiger partial charge on any atom is 0.153 e. The second kappa shape index (κ2) is 4.18. The van der Waals surface area contributed by atoms with E-state index in [1.807, 2.05) is 20.8 Å². The van der Waals surface area contributed by atoms with Crippen LogP contribution in [0.4, 0.5) is 0 Å². The smallest absolute Gasteiger partial charge is 0.153 e. The molecule has 4 nitrogen and oxygen atoms in total. The van der Waals surface area contributed by atoms with Crippen LogP contribution >= 0.6 is 0 Å². The fraction of sp³-hybridized carbons (Fsp3) is 0.556. The second-order valence-corrected chi connectivity index (χ2v) is 2.86. The SMILES string of the molecule is CCOC(C)c1n[nH]c(C)c1C=O. The van der Waals surface area contributed by atoms with Crippen molar-refractivity contribution in [3.05, 3.63) is 17.0 Å². The molecule has 13 heavy (non-hydrogen) atoms. The number of nitrogens with zero attached hydrogens (tertiary/aromatic N) is 1. The molecular weight excluding hydrogens is 168 g/mol. The van der Waals surface area contributed by atoms with Crippen LogP contribution in [0.25, 0.3) is 0 Å². The number of H-pyrrole nitrogens is 1. The van der Waals surface area contributed by atoms with Gasteiger partial charge in [-0.15, -0.1) is 0 Å². The van der Waals surface area contributed by atoms with E-state index in [0.29, 0.717) is 17.9 Å². The van der Waals surface area contributed by atoms with Crippen LogP contribution in [0.1, 0.15) is 41.7 Å². The number of ether oxygens (including phenoxy) is 1. The van der Waals surface area contributed by atoms with Crippen LogP contribution in [-0.2, 0) is 4.74 Å². The van der Waals surface area contributed by atoms with Crippen LogP contribution in [0.3, 0.4) is 0 Å². The Morgan fingerprint density at radius 3 is 2.92 bits per heavy atom. The quantitative estimate of drug-likeness (QED) is 0.720. The van der Waals surface area contributed by atoms with E-state index in [9.17, 15) is 4.79 Å². The number of aromatic amines is 1. The molecule has 0 fully saturated rings. The average Bonchev–Trinajstić information content (AvgIpc) is 2.47. The van der Waals surface area contributed by atoms with Gasteiger partial charge in [0.2, 0.25) is 0 Å². The summed E-state index contributed by atoms with van der Waals surface area (Å²) < 4.78 is 5.34. The van der Waals surface area contributed by atoms with Crippen LogP contribution in [-0.4, -0.2) is 23.1 Å². The number of hydrogen-bond donors (Lipinski definition) is 1. The molecule has 0 aliphatic rings. The van der Waals surface area contributed by atoms with Crippen molar-refractivity contribution >= 4 is 6.29 Å². The Labute approximate surface area is 77.3 Å². The lowest BCUT2D eigenvalue weighted by Gasteiger charge is -2.08. The highest BCUT2D eigenvalue weighted by atomic mass is 16.5. The first kappa shape index (κ1) is 9.92. The van der Waals surface area contributed by atoms with Crippen molar-refractivity contribution in [2.24, 2.45) is 0 Å². The zero-order chi connectivity index (χ0) is 9.84. The summed E-state index contributed by atoms with van der Waals surface area (Å²) in [5.41, 5.74) is 2.09. The van der Waals surface area contributed by atoms with Gasteiger partial charge in [0, 0.05) is 12.3 Å². The highest BCUT2D eigenvalue weighted by Gasteiger charge is 2.15. The van der Waals surface area contributed by atoms with Gasteiger partial charge in [0.15, 0.2) is 6.29 Å². The molecule has 0 saturated heterocycles. The van der Waals surface area contributed by atoms with Crippen LogP contribution in [0.5, 0.6) is 0 Å². The standard InChI is InChI=1S/C9H14N2O2/c1-4-13-7(3)9-8(5-12)6(2)10-11-9/h5,7H,4H2,1-3H3,(H,10,11). The molecule has 0 aromatic carbocycles. The highest BCUT2D eigenvalue weighted by Crippen LogP contribution is 2.19. The van der Waals surface area contributed by atoms with Gasteiger partial charge < -0.3 is 4.74 Å². The monoisotopic (exact) mass is 182 g/mol. The molecule has 1 aromatic rings. The number of rotatable bonds is 4. The predicted molar refractivity (Wildman–Crippen MR) is 48.8 cm³/mol. The Balaban J connectivity index is 2.92. The van der Waals surface area contributed by atoms with E-state index in [1.54, 1.807) is 0 Å². The Kier molecular flexibility index (Phi) is 3.19. The molecule has 0 aliphatic heterocycles. The van der Waals surface area contributed by atoms with E-state index >= 15 is 0 Å². The summed E-state index contributed by atoms with van der Waals surface area (Å²) in [6, 6.07) is 0. The number of hydrogen-bond acceptors (Lipinski definition) is 3. The second-order valence-electron chi connectivity index (χ2n) is 2.86. The summed E-state index contributed by atoms with van der Waals surface area (Å²) in [7, 11) is 0. The molecule has 0 saturated carbocycles. The molecule has 1 unspecified atom stereocenters. The van der Waals surface area contributed by atoms with Crippen molar-refractivity contribution < 1.29 is 9.53 Å². The number of aldehydes is 1. The normalized spacial score (nSPS) is 12.8. The Hall–Kier alpha value is -1.16. The van der Waals surface area contributed by atoms with E-state index in [4.69, 9.17) is 4.74 Å². The van der Waals surface area contributed by atoms with Gasteiger partial charge in [-0.1, -0.05) is 0 Å². The molecule has 1 aromatic heterocycles. The Morgan fingerprint density at radius 2 is 2.38 bits per heavy atom. The van der Waals surface area contributed by atoms with Gasteiger partial charge in [0.05, 0.1) is 11.7 Å². The summed E-state index contributed by atoms with van der Waals surface area (Å²) in [5, 5.41) is 6.79. The number of carbonyl (C=O) groups is 1. The Bertz CT molecular complexity index is 294. The van der Waals surface area contributed by atoms with Crippen molar-refractivity contribution in [3.8, 4) is 0 Å². The maximum absolute atomic E-state index is 10.7. The molecule has 0 amide bonds. The van der Waals surface area contributed by atoms with Crippen molar-refractivity contribution in [1.82, 2.24) is 10.2 Å². The maximum atomic E-state index is 10.7. The van der Waals surface area contributed by atoms with Gasteiger partial charge >= 0.3 is 0 Å². The highest BCUT2D eigenvalue weighted by molar-refractivity contribution is 5.78. The fourth-order valence-electron chi connectivity index (χ4n) is 1.24. The Morgan fingerprint density at radius 1 is 1.69 bits per heavy atom. The molecule has 1 heterocycles. The molecule has 0 bridgehead atoms. The minimum absolute atomic E-state index is 0.129. The molecule has 1 rings (SSSR count). The van der Waals surface area contributed by atoms with Gasteiger partial charge in [0.25, 0.3) is 0 Å². The van der Waals surface area contributed by atoms with E-state index in [-0.39, 0.29) is 6.10 Å². The number of aryl methyl sites for hydroxylation is 1. The predicted octanol–water partition coefficient (Wildman–Crippen LogP) is 1.63. The first-order valence-corrected chi connectivity index (χ1v) is 4.32. The number of nitrogens with one attached hydrogen (secondary N) is 1. The summed E-state index contributed by atoms with van der Waals surface area (Å²) >= 11 is 0. The van der Waals surface area contributed by atoms with E-state index < -0.39 is 0 Å². The summed E-state index contributed by atoms with van der Waals surface area (Å²) in [6.45, 7) is 6.23. The minimum Gasteiger partial charge on any atom is -0.372 e. The molecule has 72 valence electrons. The van der Waals surface area contributed by atoms with E-state index in [2.05, 4.69) is 10.2 Å². The summed E-state index contributed by atoms with van der Waals surface area (Å²) in [4.78, 5) is 10.7. The topological polar surface area (TPSA) is 55.0 Å². The minimum atomic E-state index is -0.129. The first-order valence-electron chi connectivity index (χ1n) is 4.32. The van der Waals surface area contributed by atoms with Gasteiger partial charge in [0.1, 0.15) is 5.69 Å². The van der Waals surface area contributed by atoms with E-state index in [0.717, 1.165) is 12.0 Å². The summed E-state index contributed by atoms with van der Waals surface area (Å²) in [5.74, 6) is 0. The molecule has 0 spiro atoms. The van der Waals surface area contributed by atoms with Crippen molar-refractivity contribution in [2.75, 3.05) is 6.61 Å². The van der Waals surface area contributed by atoms with Crippen molar-refractivity contribution in [1.29, 1.82) is 0 Å². The lowest BCUT2D eigenvalue weighted by molar-refractivity contribution is 0.0723. The van der Waals surface area contributed by atoms with Crippen LogP contribution in [0.15, 0.2) is 0 Å². The van der Waals surface area contributed by atoms with E-state index in [1.165, 1.54) is 0 Å². The number of carbonyl (C=O) groups excluding carboxylic acids is 1. The lowest BCUT2D eigenvalue weighted by atomic mass is 10.1. The lowest BCUT2D eigenvalue weighted by Crippen LogP contribution is -2.02. The van der Waals surface area contributed by atoms with Crippen LogP contribution in [0, 0.1) is 6.92 Å². The zero-order valence-electron chi connectivity index (χ0n) is 8.13. The molecular formula is C9H14N2O2. The molecule has 1 N–H and O–H groups in total. The third-order valence-corrected chi connectivity index (χ3v) is 1.94. The molecule has 0 radical (unpaired) electrons. The average molecular weight is 182 g/mol. The van der Waals surface area contributed by atoms with Crippen molar-refractivity contribution in [2.45, 2.75) is 26.9 Å². The largest absolute Gasteiger partial charge is 0.372 e. The third kappa shape index (κ3) is 1.95. The van der Waals surface area contributed by atoms with Gasteiger partial charge in [-0.05, 0) is 20.8 Å². The fourth-order valence-corrected chi connectivity index (χ4v) is 1.24. The first-order chi connectivity index (χ1) is 6.20. The number of aromatic nitrogens is 2. The van der Waals surface area contributed by atoms with Crippen LogP contribution in [0.2, 0.25) is 0 Å². The van der Waals surface area contributed by atoms with Crippen LogP contribution < -0.4 is 0 Å².